The molecular formula is C15H22O3. The summed E-state index contributed by atoms with van der Waals surface area (Å²) in [4.78, 5) is 11.7. The minimum Gasteiger partial charge on any atom is -0.465 e. The Bertz CT molecular complexity index is 431. The smallest absolute Gasteiger partial charge is 0.308 e. The zero-order chi connectivity index (χ0) is 12.8. The predicted octanol–water partition coefficient (Wildman–Crippen LogP) is 2.13. The molecule has 0 amide bonds. The van der Waals surface area contributed by atoms with Gasteiger partial charge in [-0.2, -0.15) is 0 Å². The van der Waals surface area contributed by atoms with Crippen molar-refractivity contribution in [1.82, 2.24) is 0 Å². The van der Waals surface area contributed by atoms with Gasteiger partial charge in [0, 0.05) is 5.41 Å². The van der Waals surface area contributed by atoms with E-state index in [0.29, 0.717) is 17.9 Å². The topological polar surface area (TPSA) is 46.5 Å². The van der Waals surface area contributed by atoms with E-state index in [1.807, 2.05) is 13.8 Å². The van der Waals surface area contributed by atoms with E-state index in [1.54, 1.807) is 0 Å². The fourth-order valence-electron chi connectivity index (χ4n) is 6.04. The molecule has 18 heavy (non-hydrogen) atoms. The third-order valence-electron chi connectivity index (χ3n) is 6.53. The van der Waals surface area contributed by atoms with Crippen LogP contribution < -0.4 is 0 Å². The van der Waals surface area contributed by atoms with Crippen LogP contribution in [0.15, 0.2) is 0 Å². The number of carbonyl (C=O) groups excluding carboxylic acids is 1. The lowest BCUT2D eigenvalue weighted by molar-refractivity contribution is -0.264. The van der Waals surface area contributed by atoms with Gasteiger partial charge >= 0.3 is 5.97 Å². The minimum absolute atomic E-state index is 0.0476. The largest absolute Gasteiger partial charge is 0.465 e. The zero-order valence-electron chi connectivity index (χ0n) is 11.2. The van der Waals surface area contributed by atoms with Crippen LogP contribution in [0.5, 0.6) is 0 Å². The first-order valence-electron chi connectivity index (χ1n) is 7.30. The molecule has 4 aliphatic rings. The van der Waals surface area contributed by atoms with Crippen molar-refractivity contribution in [3.05, 3.63) is 0 Å². The molecule has 1 N–H and O–H groups in total. The van der Waals surface area contributed by atoms with Crippen LogP contribution in [-0.2, 0) is 9.53 Å². The first-order chi connectivity index (χ1) is 8.41. The van der Waals surface area contributed by atoms with Gasteiger partial charge in [0.25, 0.3) is 0 Å². The van der Waals surface area contributed by atoms with Crippen LogP contribution in [-0.4, -0.2) is 23.3 Å². The van der Waals surface area contributed by atoms with Gasteiger partial charge in [-0.05, 0) is 49.4 Å². The highest BCUT2D eigenvalue weighted by Gasteiger charge is 2.84. The van der Waals surface area contributed by atoms with Crippen LogP contribution in [0.4, 0.5) is 0 Å². The second-order valence-corrected chi connectivity index (χ2v) is 7.70. The molecule has 0 aromatic rings. The molecule has 4 fully saturated rings. The van der Waals surface area contributed by atoms with E-state index < -0.39 is 5.60 Å². The summed E-state index contributed by atoms with van der Waals surface area (Å²) in [5.74, 6) is 1.40. The Hall–Kier alpha value is -0.570. The molecule has 4 rings (SSSR count). The number of ether oxygens (including phenoxy) is 1. The molecular weight excluding hydrogens is 228 g/mol. The first kappa shape index (κ1) is 11.3. The fraction of sp³-hybridized carbons (Fsp3) is 0.933. The molecule has 0 aromatic carbocycles. The number of hydrogen-bond acceptors (Lipinski definition) is 3. The summed E-state index contributed by atoms with van der Waals surface area (Å²) in [6, 6.07) is 0. The van der Waals surface area contributed by atoms with Crippen LogP contribution in [0.2, 0.25) is 0 Å². The van der Waals surface area contributed by atoms with Crippen LogP contribution in [0.25, 0.3) is 0 Å². The minimum atomic E-state index is -0.430. The Labute approximate surface area is 108 Å². The van der Waals surface area contributed by atoms with Crippen LogP contribution in [0, 0.1) is 28.6 Å². The number of hydrogen-bond donors (Lipinski definition) is 1. The van der Waals surface area contributed by atoms with E-state index in [2.05, 4.69) is 0 Å². The van der Waals surface area contributed by atoms with Gasteiger partial charge in [-0.15, -0.1) is 0 Å². The molecule has 2 bridgehead atoms. The van der Waals surface area contributed by atoms with Gasteiger partial charge in [-0.25, -0.2) is 0 Å². The average Bonchev–Trinajstić information content (AvgIpc) is 2.68. The van der Waals surface area contributed by atoms with Crippen LogP contribution >= 0.6 is 0 Å². The van der Waals surface area contributed by atoms with Gasteiger partial charge in [-0.3, -0.25) is 4.79 Å². The Morgan fingerprint density at radius 1 is 1.33 bits per heavy atom. The van der Waals surface area contributed by atoms with E-state index in [9.17, 15) is 9.90 Å². The normalized spacial score (nSPS) is 54.9. The second kappa shape index (κ2) is 2.95. The zero-order valence-corrected chi connectivity index (χ0v) is 11.2. The summed E-state index contributed by atoms with van der Waals surface area (Å²) >= 11 is 0. The van der Waals surface area contributed by atoms with Crippen LogP contribution in [0.3, 0.4) is 0 Å². The third kappa shape index (κ3) is 1.01. The SMILES string of the molecule is CC(C)C(=O)OCC12CC3CC4CC(O)(C1)CC432. The number of carbonyl (C=O) groups is 1. The van der Waals surface area contributed by atoms with Gasteiger partial charge in [0.15, 0.2) is 0 Å². The van der Waals surface area contributed by atoms with E-state index in [4.69, 9.17) is 4.74 Å². The maximum Gasteiger partial charge on any atom is 0.308 e. The summed E-state index contributed by atoms with van der Waals surface area (Å²) < 4.78 is 5.52. The third-order valence-corrected chi connectivity index (χ3v) is 6.53. The molecule has 0 saturated heterocycles. The highest BCUT2D eigenvalue weighted by molar-refractivity contribution is 5.71. The van der Waals surface area contributed by atoms with Gasteiger partial charge in [-0.1, -0.05) is 13.8 Å². The van der Waals surface area contributed by atoms with Crippen molar-refractivity contribution in [1.29, 1.82) is 0 Å². The lowest BCUT2D eigenvalue weighted by Gasteiger charge is -2.72. The van der Waals surface area contributed by atoms with E-state index >= 15 is 0 Å². The monoisotopic (exact) mass is 250 g/mol. The number of fused-ring (bicyclic) bond motifs is 1. The van der Waals surface area contributed by atoms with Crippen molar-refractivity contribution >= 4 is 5.97 Å². The maximum absolute atomic E-state index is 11.7. The van der Waals surface area contributed by atoms with Gasteiger partial charge < -0.3 is 9.84 Å². The van der Waals surface area contributed by atoms with Crippen molar-refractivity contribution in [2.24, 2.45) is 28.6 Å². The quantitative estimate of drug-likeness (QED) is 0.780. The number of esters is 1. The van der Waals surface area contributed by atoms with Crippen molar-refractivity contribution in [3.63, 3.8) is 0 Å². The molecule has 3 nitrogen and oxygen atoms in total. The molecule has 5 atom stereocenters. The highest BCUT2D eigenvalue weighted by Crippen LogP contribution is 2.87. The molecule has 0 heterocycles. The predicted molar refractivity (Wildman–Crippen MR) is 65.7 cm³/mol. The van der Waals surface area contributed by atoms with E-state index in [0.717, 1.165) is 25.2 Å². The Morgan fingerprint density at radius 2 is 2.06 bits per heavy atom. The van der Waals surface area contributed by atoms with E-state index in [-0.39, 0.29) is 17.3 Å². The van der Waals surface area contributed by atoms with Crippen molar-refractivity contribution in [3.8, 4) is 0 Å². The fourth-order valence-corrected chi connectivity index (χ4v) is 6.04. The van der Waals surface area contributed by atoms with E-state index in [1.165, 1.54) is 12.8 Å². The Kier molecular flexibility index (Phi) is 1.85. The Morgan fingerprint density at radius 3 is 2.67 bits per heavy atom. The molecule has 0 radical (unpaired) electrons. The molecule has 3 heteroatoms. The molecule has 1 spiro atoms. The average molecular weight is 250 g/mol. The first-order valence-corrected chi connectivity index (χ1v) is 7.30. The summed E-state index contributed by atoms with van der Waals surface area (Å²) in [6.07, 6.45) is 5.34. The summed E-state index contributed by atoms with van der Waals surface area (Å²) in [6.45, 7) is 4.31. The van der Waals surface area contributed by atoms with Gasteiger partial charge in [0.1, 0.15) is 0 Å². The molecule has 0 aromatic heterocycles. The molecule has 4 saturated carbocycles. The molecule has 4 aliphatic carbocycles. The lowest BCUT2D eigenvalue weighted by atomic mass is 9.32. The summed E-state index contributed by atoms with van der Waals surface area (Å²) in [5.41, 5.74) is 0.0668. The molecule has 0 aliphatic heterocycles. The van der Waals surface area contributed by atoms with Gasteiger partial charge in [0.05, 0.1) is 18.1 Å². The van der Waals surface area contributed by atoms with Crippen molar-refractivity contribution in [2.75, 3.05) is 6.61 Å². The lowest BCUT2D eigenvalue weighted by Crippen LogP contribution is -2.68. The molecule has 100 valence electrons. The Balaban J connectivity index is 1.54. The van der Waals surface area contributed by atoms with Crippen molar-refractivity contribution in [2.45, 2.75) is 51.6 Å². The van der Waals surface area contributed by atoms with Crippen LogP contribution in [0.1, 0.15) is 46.0 Å². The molecule has 5 unspecified atom stereocenters. The van der Waals surface area contributed by atoms with Crippen molar-refractivity contribution < 1.29 is 14.6 Å². The number of aliphatic hydroxyl groups is 1. The standard InChI is InChI=1S/C15H22O3/c1-9(2)12(16)18-8-13-4-10-3-11-5-14(17,6-13)7-15(10,11)13/h9-11,17H,3-8H2,1-2H3. The van der Waals surface area contributed by atoms with Gasteiger partial charge in [0.2, 0.25) is 0 Å². The maximum atomic E-state index is 11.7. The second-order valence-electron chi connectivity index (χ2n) is 7.70. The summed E-state index contributed by atoms with van der Waals surface area (Å²) in [5, 5.41) is 10.6. The summed E-state index contributed by atoms with van der Waals surface area (Å²) in [7, 11) is 0. The highest BCUT2D eigenvalue weighted by atomic mass is 16.5. The number of rotatable bonds is 3.